The van der Waals surface area contributed by atoms with E-state index in [0.29, 0.717) is 0 Å². The average Bonchev–Trinajstić information content (AvgIpc) is 2.92. The molecule has 0 atom stereocenters. The van der Waals surface area contributed by atoms with Gasteiger partial charge in [0.05, 0.1) is 0 Å². The highest BCUT2D eigenvalue weighted by Crippen LogP contribution is 2.22. The molecule has 1 aliphatic carbocycles. The predicted octanol–water partition coefficient (Wildman–Crippen LogP) is 3.96. The van der Waals surface area contributed by atoms with Crippen LogP contribution in [0.4, 0.5) is 0 Å². The van der Waals surface area contributed by atoms with Crippen molar-refractivity contribution in [3.63, 3.8) is 0 Å². The number of benzene rings is 1. The molecular formula is C15H22Cl2N2. The van der Waals surface area contributed by atoms with Gasteiger partial charge in [-0.2, -0.15) is 0 Å². The van der Waals surface area contributed by atoms with Crippen LogP contribution in [-0.4, -0.2) is 31.1 Å². The average molecular weight is 301 g/mol. The Morgan fingerprint density at radius 2 is 2.00 bits per heavy atom. The second-order valence-electron chi connectivity index (χ2n) is 5.33. The fourth-order valence-electron chi connectivity index (χ4n) is 2.68. The lowest BCUT2D eigenvalue weighted by Crippen LogP contribution is -2.35. The standard InChI is InChI=1S/C15H22Cl2N2/c1-19(14-4-2-3-5-14)9-8-18-11-12-10-13(16)6-7-15(12)17/h6-7,10,14,18H,2-5,8-9,11H2,1H3. The molecule has 19 heavy (non-hydrogen) atoms. The minimum Gasteiger partial charge on any atom is -0.311 e. The van der Waals surface area contributed by atoms with E-state index < -0.39 is 0 Å². The van der Waals surface area contributed by atoms with Gasteiger partial charge in [0.1, 0.15) is 0 Å². The van der Waals surface area contributed by atoms with Crippen molar-refractivity contribution in [2.24, 2.45) is 0 Å². The topological polar surface area (TPSA) is 15.3 Å². The first-order valence-electron chi connectivity index (χ1n) is 7.01. The largest absolute Gasteiger partial charge is 0.311 e. The molecule has 0 aliphatic heterocycles. The fourth-order valence-corrected chi connectivity index (χ4v) is 3.06. The van der Waals surface area contributed by atoms with E-state index in [0.717, 1.165) is 41.3 Å². The molecule has 0 radical (unpaired) electrons. The van der Waals surface area contributed by atoms with Crippen LogP contribution in [0, 0.1) is 0 Å². The zero-order valence-corrected chi connectivity index (χ0v) is 13.0. The van der Waals surface area contributed by atoms with Crippen molar-refractivity contribution in [2.75, 3.05) is 20.1 Å². The van der Waals surface area contributed by atoms with Crippen LogP contribution in [0.1, 0.15) is 31.2 Å². The van der Waals surface area contributed by atoms with E-state index >= 15 is 0 Å². The number of hydrogen-bond donors (Lipinski definition) is 1. The molecule has 1 saturated carbocycles. The summed E-state index contributed by atoms with van der Waals surface area (Å²) in [5.41, 5.74) is 1.07. The van der Waals surface area contributed by atoms with Crippen molar-refractivity contribution in [1.29, 1.82) is 0 Å². The van der Waals surface area contributed by atoms with Crippen molar-refractivity contribution in [1.82, 2.24) is 10.2 Å². The highest BCUT2D eigenvalue weighted by Gasteiger charge is 2.18. The molecule has 0 spiro atoms. The van der Waals surface area contributed by atoms with Gasteiger partial charge in [-0.25, -0.2) is 0 Å². The molecule has 0 aromatic heterocycles. The summed E-state index contributed by atoms with van der Waals surface area (Å²) in [6.07, 6.45) is 5.49. The SMILES string of the molecule is CN(CCNCc1cc(Cl)ccc1Cl)C1CCCC1. The Bertz CT molecular complexity index is 403. The van der Waals surface area contributed by atoms with Crippen LogP contribution in [0.25, 0.3) is 0 Å². The molecule has 0 unspecified atom stereocenters. The quantitative estimate of drug-likeness (QED) is 0.800. The third-order valence-electron chi connectivity index (χ3n) is 3.91. The summed E-state index contributed by atoms with van der Waals surface area (Å²) in [6.45, 7) is 2.84. The van der Waals surface area contributed by atoms with Gasteiger partial charge in [0, 0.05) is 35.7 Å². The van der Waals surface area contributed by atoms with Crippen molar-refractivity contribution >= 4 is 23.2 Å². The summed E-state index contributed by atoms with van der Waals surface area (Å²) < 4.78 is 0. The van der Waals surface area contributed by atoms with Gasteiger partial charge >= 0.3 is 0 Å². The van der Waals surface area contributed by atoms with Crippen LogP contribution in [0.5, 0.6) is 0 Å². The number of hydrogen-bond acceptors (Lipinski definition) is 2. The Morgan fingerprint density at radius 3 is 2.74 bits per heavy atom. The predicted molar refractivity (Wildman–Crippen MR) is 83.1 cm³/mol. The maximum absolute atomic E-state index is 6.13. The summed E-state index contributed by atoms with van der Waals surface area (Å²) in [5.74, 6) is 0. The zero-order valence-electron chi connectivity index (χ0n) is 11.5. The molecule has 0 heterocycles. The van der Waals surface area contributed by atoms with Gasteiger partial charge in [-0.1, -0.05) is 36.0 Å². The van der Waals surface area contributed by atoms with E-state index in [9.17, 15) is 0 Å². The molecule has 0 saturated heterocycles. The normalized spacial score (nSPS) is 16.4. The Hall–Kier alpha value is -0.280. The van der Waals surface area contributed by atoms with Crippen molar-refractivity contribution < 1.29 is 0 Å². The maximum Gasteiger partial charge on any atom is 0.0451 e. The van der Waals surface area contributed by atoms with E-state index in [2.05, 4.69) is 17.3 Å². The lowest BCUT2D eigenvalue weighted by molar-refractivity contribution is 0.245. The van der Waals surface area contributed by atoms with Gasteiger partial charge < -0.3 is 10.2 Å². The van der Waals surface area contributed by atoms with Crippen molar-refractivity contribution in [3.8, 4) is 0 Å². The van der Waals surface area contributed by atoms with Crippen LogP contribution in [0.15, 0.2) is 18.2 Å². The number of likely N-dealkylation sites (N-methyl/N-ethyl adjacent to an activating group) is 1. The number of nitrogens with zero attached hydrogens (tertiary/aromatic N) is 1. The number of rotatable bonds is 6. The molecule has 2 rings (SSSR count). The molecule has 0 amide bonds. The summed E-state index contributed by atoms with van der Waals surface area (Å²) in [7, 11) is 2.23. The monoisotopic (exact) mass is 300 g/mol. The molecule has 4 heteroatoms. The van der Waals surface area contributed by atoms with Crippen LogP contribution in [-0.2, 0) is 6.54 Å². The van der Waals surface area contributed by atoms with Crippen LogP contribution in [0.2, 0.25) is 10.0 Å². The third-order valence-corrected chi connectivity index (χ3v) is 4.52. The van der Waals surface area contributed by atoms with E-state index in [1.807, 2.05) is 18.2 Å². The van der Waals surface area contributed by atoms with E-state index in [1.165, 1.54) is 25.7 Å². The van der Waals surface area contributed by atoms with Crippen molar-refractivity contribution in [2.45, 2.75) is 38.3 Å². The van der Waals surface area contributed by atoms with Crippen LogP contribution < -0.4 is 5.32 Å². The first-order valence-corrected chi connectivity index (χ1v) is 7.77. The smallest absolute Gasteiger partial charge is 0.0451 e. The molecular weight excluding hydrogens is 279 g/mol. The summed E-state index contributed by atoms with van der Waals surface area (Å²) >= 11 is 12.1. The minimum absolute atomic E-state index is 0.740. The molecule has 1 fully saturated rings. The molecule has 106 valence electrons. The van der Waals surface area contributed by atoms with E-state index in [4.69, 9.17) is 23.2 Å². The second-order valence-corrected chi connectivity index (χ2v) is 6.18. The van der Waals surface area contributed by atoms with Crippen LogP contribution in [0.3, 0.4) is 0 Å². The lowest BCUT2D eigenvalue weighted by atomic mass is 10.2. The van der Waals surface area contributed by atoms with Gasteiger partial charge in [-0.05, 0) is 43.7 Å². The number of halogens is 2. The van der Waals surface area contributed by atoms with Gasteiger partial charge in [-0.15, -0.1) is 0 Å². The van der Waals surface area contributed by atoms with Gasteiger partial charge in [0.25, 0.3) is 0 Å². The summed E-state index contributed by atoms with van der Waals surface area (Å²) in [4.78, 5) is 2.47. The van der Waals surface area contributed by atoms with Gasteiger partial charge in [0.2, 0.25) is 0 Å². The van der Waals surface area contributed by atoms with Gasteiger partial charge in [-0.3, -0.25) is 0 Å². The zero-order chi connectivity index (χ0) is 13.7. The Morgan fingerprint density at radius 1 is 1.26 bits per heavy atom. The molecule has 1 N–H and O–H groups in total. The van der Waals surface area contributed by atoms with E-state index in [1.54, 1.807) is 0 Å². The second kappa shape index (κ2) is 7.49. The minimum atomic E-state index is 0.740. The summed E-state index contributed by atoms with van der Waals surface area (Å²) in [5, 5.41) is 4.96. The number of nitrogens with one attached hydrogen (secondary N) is 1. The first kappa shape index (κ1) is 15.1. The molecule has 2 nitrogen and oxygen atoms in total. The van der Waals surface area contributed by atoms with Crippen molar-refractivity contribution in [3.05, 3.63) is 33.8 Å². The highest BCUT2D eigenvalue weighted by molar-refractivity contribution is 6.33. The van der Waals surface area contributed by atoms with Gasteiger partial charge in [0.15, 0.2) is 0 Å². The summed E-state index contributed by atoms with van der Waals surface area (Å²) in [6, 6.07) is 6.39. The lowest BCUT2D eigenvalue weighted by Gasteiger charge is -2.24. The molecule has 1 aliphatic rings. The van der Waals surface area contributed by atoms with E-state index in [-0.39, 0.29) is 0 Å². The molecule has 1 aromatic rings. The van der Waals surface area contributed by atoms with Crippen LogP contribution >= 0.6 is 23.2 Å². The fraction of sp³-hybridized carbons (Fsp3) is 0.600. The maximum atomic E-state index is 6.13. The Balaban J connectivity index is 1.70. The molecule has 0 bridgehead atoms. The highest BCUT2D eigenvalue weighted by atomic mass is 35.5. The Kier molecular flexibility index (Phi) is 5.96. The third kappa shape index (κ3) is 4.64. The Labute approximate surface area is 126 Å². The first-order chi connectivity index (χ1) is 9.16. The molecule has 1 aromatic carbocycles.